The fourth-order valence-corrected chi connectivity index (χ4v) is 3.65. The van der Waals surface area contributed by atoms with E-state index in [0.29, 0.717) is 27.2 Å². The molecule has 4 aromatic rings. The van der Waals surface area contributed by atoms with E-state index in [9.17, 15) is 4.79 Å². The van der Waals surface area contributed by atoms with Crippen molar-refractivity contribution in [3.63, 3.8) is 0 Å². The van der Waals surface area contributed by atoms with Crippen LogP contribution in [0.5, 0.6) is 0 Å². The zero-order valence-electron chi connectivity index (χ0n) is 15.8. The Bertz CT molecular complexity index is 1280. The number of carbonyl (C=O) groups excluding carboxylic acids is 1. The lowest BCUT2D eigenvalue weighted by Gasteiger charge is -2.04. The first-order valence-corrected chi connectivity index (χ1v) is 9.81. The van der Waals surface area contributed by atoms with Gasteiger partial charge in [-0.2, -0.15) is 5.10 Å². The molecule has 30 heavy (non-hydrogen) atoms. The Balaban J connectivity index is 1.32. The highest BCUT2D eigenvalue weighted by Crippen LogP contribution is 2.28. The minimum absolute atomic E-state index is 0.311. The van der Waals surface area contributed by atoms with Gasteiger partial charge in [-0.25, -0.2) is 4.98 Å². The molecule has 11 heteroatoms. The third-order valence-electron chi connectivity index (χ3n) is 4.38. The van der Waals surface area contributed by atoms with Crippen molar-refractivity contribution >= 4 is 40.1 Å². The van der Waals surface area contributed by atoms with E-state index in [1.54, 1.807) is 24.1 Å². The first-order chi connectivity index (χ1) is 14.6. The zero-order chi connectivity index (χ0) is 20.5. The summed E-state index contributed by atoms with van der Waals surface area (Å²) in [5.74, 6) is 0.0123. The van der Waals surface area contributed by atoms with Crippen molar-refractivity contribution in [3.8, 4) is 10.7 Å². The van der Waals surface area contributed by atoms with E-state index in [2.05, 4.69) is 40.9 Å². The van der Waals surface area contributed by atoms with Crippen LogP contribution < -0.4 is 10.6 Å². The number of nitrogens with one attached hydrogen (secondary N) is 2. The van der Waals surface area contributed by atoms with Gasteiger partial charge in [0.05, 0.1) is 30.7 Å². The van der Waals surface area contributed by atoms with Crippen LogP contribution in [0.25, 0.3) is 10.7 Å². The number of aryl methyl sites for hydroxylation is 1. The standard InChI is InChI=1S/C19H15N9OS/c1-28-10-13(7-22-28)17(29)25-16-9-21-8-15(24-16)18-26-27-19(30-18)23-14-3-2-11-5-20-6-12(11)4-14/h2-4,6-10H,5H2,1H3,(H,23,27)(H,24,25,29). The first-order valence-electron chi connectivity index (χ1n) is 9.00. The molecule has 148 valence electrons. The molecule has 0 radical (unpaired) electrons. The molecule has 1 amide bonds. The van der Waals surface area contributed by atoms with Gasteiger partial charge in [0.1, 0.15) is 5.69 Å². The molecule has 0 aliphatic carbocycles. The Hall–Kier alpha value is -3.99. The van der Waals surface area contributed by atoms with Gasteiger partial charge in [-0.1, -0.05) is 17.4 Å². The van der Waals surface area contributed by atoms with Crippen LogP contribution in [0.3, 0.4) is 0 Å². The van der Waals surface area contributed by atoms with Gasteiger partial charge in [0, 0.05) is 25.1 Å². The molecule has 0 atom stereocenters. The number of aliphatic imine (C=N–C) groups is 1. The predicted molar refractivity (Wildman–Crippen MR) is 113 cm³/mol. The summed E-state index contributed by atoms with van der Waals surface area (Å²) in [6, 6.07) is 6.07. The number of anilines is 3. The smallest absolute Gasteiger partial charge is 0.260 e. The quantitative estimate of drug-likeness (QED) is 0.512. The SMILES string of the molecule is Cn1cc(C(=O)Nc2cncc(-c3nnc(Nc4ccc5c(c4)C=NC5)s3)n2)cn1. The van der Waals surface area contributed by atoms with Crippen LogP contribution in [0.2, 0.25) is 0 Å². The fraction of sp³-hybridized carbons (Fsp3) is 0.105. The third-order valence-corrected chi connectivity index (χ3v) is 5.24. The van der Waals surface area contributed by atoms with Crippen molar-refractivity contribution in [2.75, 3.05) is 10.6 Å². The molecular formula is C19H15N9OS. The van der Waals surface area contributed by atoms with Gasteiger partial charge < -0.3 is 10.6 Å². The maximum atomic E-state index is 12.3. The molecule has 5 rings (SSSR count). The van der Waals surface area contributed by atoms with Crippen LogP contribution in [0.15, 0.2) is 48.0 Å². The van der Waals surface area contributed by atoms with Crippen LogP contribution in [0.4, 0.5) is 16.6 Å². The summed E-state index contributed by atoms with van der Waals surface area (Å²) >= 11 is 1.35. The molecular weight excluding hydrogens is 402 g/mol. The Morgan fingerprint density at radius 2 is 2.13 bits per heavy atom. The second-order valence-electron chi connectivity index (χ2n) is 6.57. The number of hydrogen-bond donors (Lipinski definition) is 2. The highest BCUT2D eigenvalue weighted by Gasteiger charge is 2.13. The van der Waals surface area contributed by atoms with Gasteiger partial charge in [0.15, 0.2) is 10.8 Å². The largest absolute Gasteiger partial charge is 0.330 e. The number of aromatic nitrogens is 6. The second kappa shape index (κ2) is 7.44. The van der Waals surface area contributed by atoms with Crippen LogP contribution >= 0.6 is 11.3 Å². The van der Waals surface area contributed by atoms with Gasteiger partial charge in [-0.3, -0.25) is 19.5 Å². The average Bonchev–Trinajstić information content (AvgIpc) is 3.49. The fourth-order valence-electron chi connectivity index (χ4n) is 2.94. The van der Waals surface area contributed by atoms with E-state index in [0.717, 1.165) is 17.8 Å². The van der Waals surface area contributed by atoms with E-state index >= 15 is 0 Å². The molecule has 3 aromatic heterocycles. The van der Waals surface area contributed by atoms with Crippen molar-refractivity contribution in [3.05, 3.63) is 59.7 Å². The van der Waals surface area contributed by atoms with E-state index in [1.807, 2.05) is 24.4 Å². The lowest BCUT2D eigenvalue weighted by Crippen LogP contribution is -2.12. The molecule has 0 saturated heterocycles. The molecule has 1 aliphatic rings. The van der Waals surface area contributed by atoms with E-state index in [4.69, 9.17) is 0 Å². The molecule has 0 bridgehead atoms. The Labute approximate surface area is 174 Å². The minimum Gasteiger partial charge on any atom is -0.330 e. The number of amides is 1. The number of benzene rings is 1. The van der Waals surface area contributed by atoms with Crippen LogP contribution in [-0.4, -0.2) is 42.1 Å². The highest BCUT2D eigenvalue weighted by atomic mass is 32.1. The van der Waals surface area contributed by atoms with Gasteiger partial charge in [0.2, 0.25) is 5.13 Å². The van der Waals surface area contributed by atoms with E-state index in [-0.39, 0.29) is 5.91 Å². The van der Waals surface area contributed by atoms with Gasteiger partial charge in [-0.15, -0.1) is 10.2 Å². The van der Waals surface area contributed by atoms with Crippen molar-refractivity contribution in [1.29, 1.82) is 0 Å². The van der Waals surface area contributed by atoms with Crippen LogP contribution in [0.1, 0.15) is 21.5 Å². The Kier molecular flexibility index (Phi) is 4.48. The molecule has 2 N–H and O–H groups in total. The Morgan fingerprint density at radius 3 is 3.00 bits per heavy atom. The van der Waals surface area contributed by atoms with Crippen molar-refractivity contribution < 1.29 is 4.79 Å². The molecule has 10 nitrogen and oxygen atoms in total. The van der Waals surface area contributed by atoms with Crippen molar-refractivity contribution in [2.24, 2.45) is 12.0 Å². The van der Waals surface area contributed by atoms with Gasteiger partial charge in [-0.05, 0) is 23.3 Å². The molecule has 0 fully saturated rings. The monoisotopic (exact) mass is 417 g/mol. The Morgan fingerprint density at radius 1 is 1.20 bits per heavy atom. The van der Waals surface area contributed by atoms with Crippen LogP contribution in [-0.2, 0) is 13.6 Å². The summed E-state index contributed by atoms with van der Waals surface area (Å²) in [6.07, 6.45) is 8.03. The number of rotatable bonds is 5. The average molecular weight is 417 g/mol. The van der Waals surface area contributed by atoms with E-state index < -0.39 is 0 Å². The number of nitrogens with zero attached hydrogens (tertiary/aromatic N) is 7. The summed E-state index contributed by atoms with van der Waals surface area (Å²) in [5, 5.41) is 19.5. The topological polar surface area (TPSA) is 123 Å². The summed E-state index contributed by atoms with van der Waals surface area (Å²) < 4.78 is 1.56. The second-order valence-corrected chi connectivity index (χ2v) is 7.54. The number of hydrogen-bond acceptors (Lipinski definition) is 9. The third kappa shape index (κ3) is 3.65. The molecule has 4 heterocycles. The van der Waals surface area contributed by atoms with Crippen molar-refractivity contribution in [2.45, 2.75) is 6.54 Å². The molecule has 0 unspecified atom stereocenters. The van der Waals surface area contributed by atoms with Crippen molar-refractivity contribution in [1.82, 2.24) is 29.9 Å². The summed E-state index contributed by atoms with van der Waals surface area (Å²) in [7, 11) is 1.74. The highest BCUT2D eigenvalue weighted by molar-refractivity contribution is 7.18. The molecule has 1 aromatic carbocycles. The van der Waals surface area contributed by atoms with Gasteiger partial charge >= 0.3 is 0 Å². The summed E-state index contributed by atoms with van der Waals surface area (Å²) in [6.45, 7) is 0.727. The summed E-state index contributed by atoms with van der Waals surface area (Å²) in [4.78, 5) is 25.1. The maximum absolute atomic E-state index is 12.3. The molecule has 0 spiro atoms. The number of carbonyl (C=O) groups is 1. The van der Waals surface area contributed by atoms with Crippen LogP contribution in [0, 0.1) is 0 Å². The lowest BCUT2D eigenvalue weighted by molar-refractivity contribution is 0.102. The predicted octanol–water partition coefficient (Wildman–Crippen LogP) is 2.66. The molecule has 1 aliphatic heterocycles. The minimum atomic E-state index is -0.311. The van der Waals surface area contributed by atoms with Gasteiger partial charge in [0.25, 0.3) is 5.91 Å². The molecule has 0 saturated carbocycles. The number of fused-ring (bicyclic) bond motifs is 1. The van der Waals surface area contributed by atoms with E-state index in [1.165, 1.54) is 29.3 Å². The maximum Gasteiger partial charge on any atom is 0.260 e. The summed E-state index contributed by atoms with van der Waals surface area (Å²) in [5.41, 5.74) is 4.18. The zero-order valence-corrected chi connectivity index (χ0v) is 16.6. The first kappa shape index (κ1) is 18.1. The normalized spacial score (nSPS) is 12.0. The lowest BCUT2D eigenvalue weighted by atomic mass is 10.1.